The van der Waals surface area contributed by atoms with Crippen molar-refractivity contribution >= 4 is 63.4 Å². The van der Waals surface area contributed by atoms with Crippen molar-refractivity contribution in [1.29, 1.82) is 0 Å². The molecular formula is C13H17Cl3N2O4S. The lowest BCUT2D eigenvalue weighted by Gasteiger charge is -2.29. The van der Waals surface area contributed by atoms with Gasteiger partial charge in [0, 0.05) is 6.20 Å². The summed E-state index contributed by atoms with van der Waals surface area (Å²) < 4.78 is 12.0. The third-order valence-corrected chi connectivity index (χ3v) is 3.77. The standard InChI is InChI=1S/C13H17Cl3N2O4S/c1-8(2)6-9(11(19)21-3)18(10-4-5-17-23-10)12(20)22-7-13(14,15)16/h4-5,8-9H,6-7H2,1-3H3/t9-/m0/s1. The molecule has 1 rings (SSSR count). The molecule has 0 aliphatic heterocycles. The maximum Gasteiger partial charge on any atom is 0.415 e. The third-order valence-electron chi connectivity index (χ3n) is 2.70. The fourth-order valence-corrected chi connectivity index (χ4v) is 2.61. The van der Waals surface area contributed by atoms with Crippen LogP contribution in [-0.4, -0.2) is 40.0 Å². The number of rotatable bonds is 6. The first-order valence-electron chi connectivity index (χ1n) is 6.67. The van der Waals surface area contributed by atoms with Gasteiger partial charge in [0.15, 0.2) is 0 Å². The van der Waals surface area contributed by atoms with Crippen molar-refractivity contribution in [3.63, 3.8) is 0 Å². The van der Waals surface area contributed by atoms with Gasteiger partial charge in [-0.2, -0.15) is 4.37 Å². The van der Waals surface area contributed by atoms with E-state index in [4.69, 9.17) is 44.3 Å². The van der Waals surface area contributed by atoms with Gasteiger partial charge in [0.25, 0.3) is 0 Å². The number of hydrogen-bond donors (Lipinski definition) is 0. The van der Waals surface area contributed by atoms with E-state index in [-0.39, 0.29) is 5.92 Å². The number of carbonyl (C=O) groups is 2. The highest BCUT2D eigenvalue weighted by Crippen LogP contribution is 2.29. The molecule has 1 heterocycles. The Hall–Kier alpha value is -0.760. The predicted molar refractivity (Wildman–Crippen MR) is 91.5 cm³/mol. The molecule has 0 aliphatic carbocycles. The molecule has 1 amide bonds. The highest BCUT2D eigenvalue weighted by molar-refractivity contribution is 7.10. The molecule has 0 saturated heterocycles. The topological polar surface area (TPSA) is 68.7 Å². The van der Waals surface area contributed by atoms with Crippen LogP contribution in [0.15, 0.2) is 12.3 Å². The van der Waals surface area contributed by atoms with E-state index in [2.05, 4.69) is 4.37 Å². The normalized spacial score (nSPS) is 12.8. The molecule has 0 unspecified atom stereocenters. The van der Waals surface area contributed by atoms with E-state index in [1.807, 2.05) is 13.8 Å². The van der Waals surface area contributed by atoms with Crippen LogP contribution < -0.4 is 4.90 Å². The highest BCUT2D eigenvalue weighted by Gasteiger charge is 2.35. The molecule has 0 spiro atoms. The summed E-state index contributed by atoms with van der Waals surface area (Å²) in [5.74, 6) is -0.423. The number of halogens is 3. The summed E-state index contributed by atoms with van der Waals surface area (Å²) in [7, 11) is 1.26. The third kappa shape index (κ3) is 6.71. The van der Waals surface area contributed by atoms with Crippen molar-refractivity contribution < 1.29 is 19.1 Å². The Kier molecular flexibility index (Phi) is 7.86. The number of esters is 1. The summed E-state index contributed by atoms with van der Waals surface area (Å²) in [6, 6.07) is 0.737. The van der Waals surface area contributed by atoms with Gasteiger partial charge >= 0.3 is 12.1 Å². The zero-order chi connectivity index (χ0) is 17.6. The molecule has 0 saturated carbocycles. The lowest BCUT2D eigenvalue weighted by molar-refractivity contribution is -0.142. The Balaban J connectivity index is 3.07. The molecule has 130 valence electrons. The minimum Gasteiger partial charge on any atom is -0.467 e. The van der Waals surface area contributed by atoms with E-state index in [1.165, 1.54) is 18.2 Å². The lowest BCUT2D eigenvalue weighted by atomic mass is 10.0. The maximum absolute atomic E-state index is 12.4. The maximum atomic E-state index is 12.4. The zero-order valence-corrected chi connectivity index (χ0v) is 15.9. The average Bonchev–Trinajstić information content (AvgIpc) is 2.96. The minimum absolute atomic E-state index is 0.135. The van der Waals surface area contributed by atoms with Gasteiger partial charge in [-0.25, -0.2) is 9.59 Å². The van der Waals surface area contributed by atoms with Crippen LogP contribution in [0.25, 0.3) is 0 Å². The van der Waals surface area contributed by atoms with Crippen LogP contribution in [0.2, 0.25) is 0 Å². The molecule has 1 atom stereocenters. The van der Waals surface area contributed by atoms with E-state index in [0.29, 0.717) is 11.4 Å². The van der Waals surface area contributed by atoms with Crippen LogP contribution in [0.3, 0.4) is 0 Å². The van der Waals surface area contributed by atoms with Gasteiger partial charge in [-0.3, -0.25) is 4.90 Å². The second kappa shape index (κ2) is 8.92. The number of hydrogen-bond acceptors (Lipinski definition) is 6. The molecular weight excluding hydrogens is 387 g/mol. The highest BCUT2D eigenvalue weighted by atomic mass is 35.6. The SMILES string of the molecule is COC(=O)[C@H](CC(C)C)N(C(=O)OCC(Cl)(Cl)Cl)c1ccns1. The number of aromatic nitrogens is 1. The predicted octanol–water partition coefficient (Wildman–Crippen LogP) is 4.04. The molecule has 1 aromatic rings. The van der Waals surface area contributed by atoms with Crippen LogP contribution in [0.4, 0.5) is 9.80 Å². The monoisotopic (exact) mass is 402 g/mol. The lowest BCUT2D eigenvalue weighted by Crippen LogP contribution is -2.47. The number of anilines is 1. The Labute approximate surface area is 153 Å². The number of amides is 1. The molecule has 23 heavy (non-hydrogen) atoms. The first kappa shape index (κ1) is 20.3. The second-order valence-electron chi connectivity index (χ2n) is 5.06. The van der Waals surface area contributed by atoms with Crippen LogP contribution in [0.5, 0.6) is 0 Å². The second-order valence-corrected chi connectivity index (χ2v) is 8.39. The fourth-order valence-electron chi connectivity index (χ4n) is 1.81. The number of ether oxygens (including phenoxy) is 2. The summed E-state index contributed by atoms with van der Waals surface area (Å²) in [5, 5.41) is 0.440. The first-order valence-corrected chi connectivity index (χ1v) is 8.57. The molecule has 0 N–H and O–H groups in total. The van der Waals surface area contributed by atoms with Crippen LogP contribution in [0.1, 0.15) is 20.3 Å². The van der Waals surface area contributed by atoms with E-state index in [9.17, 15) is 9.59 Å². The molecule has 0 radical (unpaired) electrons. The summed E-state index contributed by atoms with van der Waals surface area (Å²) >= 11 is 17.8. The van der Waals surface area contributed by atoms with Crippen molar-refractivity contribution in [2.24, 2.45) is 5.92 Å². The van der Waals surface area contributed by atoms with Gasteiger partial charge in [-0.05, 0) is 29.9 Å². The molecule has 10 heteroatoms. The summed E-state index contributed by atoms with van der Waals surface area (Å²) in [4.78, 5) is 25.7. The fraction of sp³-hybridized carbons (Fsp3) is 0.615. The largest absolute Gasteiger partial charge is 0.467 e. The first-order chi connectivity index (χ1) is 10.7. The Bertz CT molecular complexity index is 520. The van der Waals surface area contributed by atoms with Gasteiger partial charge < -0.3 is 9.47 Å². The average molecular weight is 404 g/mol. The Morgan fingerprint density at radius 1 is 1.39 bits per heavy atom. The number of carbonyl (C=O) groups excluding carboxylic acids is 2. The smallest absolute Gasteiger partial charge is 0.415 e. The molecule has 0 aromatic carbocycles. The zero-order valence-electron chi connectivity index (χ0n) is 12.8. The van der Waals surface area contributed by atoms with Gasteiger partial charge in [0.2, 0.25) is 3.79 Å². The van der Waals surface area contributed by atoms with E-state index in [1.54, 1.807) is 6.07 Å². The number of alkyl halides is 3. The quantitative estimate of drug-likeness (QED) is 0.529. The van der Waals surface area contributed by atoms with Crippen molar-refractivity contribution in [3.8, 4) is 0 Å². The molecule has 6 nitrogen and oxygen atoms in total. The van der Waals surface area contributed by atoms with Crippen molar-refractivity contribution in [2.75, 3.05) is 18.6 Å². The van der Waals surface area contributed by atoms with Crippen molar-refractivity contribution in [3.05, 3.63) is 12.3 Å². The summed E-state index contributed by atoms with van der Waals surface area (Å²) in [6.07, 6.45) is 1.09. The molecule has 0 aliphatic rings. The summed E-state index contributed by atoms with van der Waals surface area (Å²) in [6.45, 7) is 3.41. The number of methoxy groups -OCH3 is 1. The van der Waals surface area contributed by atoms with Crippen molar-refractivity contribution in [2.45, 2.75) is 30.1 Å². The molecule has 0 fully saturated rings. The van der Waals surface area contributed by atoms with Gasteiger partial charge in [0.05, 0.1) is 7.11 Å². The van der Waals surface area contributed by atoms with Crippen LogP contribution >= 0.6 is 46.3 Å². The minimum atomic E-state index is -1.74. The van der Waals surface area contributed by atoms with Gasteiger partial charge in [-0.15, -0.1) is 0 Å². The molecule has 1 aromatic heterocycles. The molecule has 0 bridgehead atoms. The van der Waals surface area contributed by atoms with E-state index >= 15 is 0 Å². The van der Waals surface area contributed by atoms with E-state index in [0.717, 1.165) is 11.5 Å². The Morgan fingerprint density at radius 2 is 2.04 bits per heavy atom. The van der Waals surface area contributed by atoms with Crippen molar-refractivity contribution in [1.82, 2.24) is 4.37 Å². The Morgan fingerprint density at radius 3 is 2.48 bits per heavy atom. The number of nitrogens with zero attached hydrogens (tertiary/aromatic N) is 2. The van der Waals surface area contributed by atoms with Crippen LogP contribution in [-0.2, 0) is 14.3 Å². The summed E-state index contributed by atoms with van der Waals surface area (Å²) in [5.41, 5.74) is 0. The van der Waals surface area contributed by atoms with Gasteiger partial charge in [0.1, 0.15) is 17.6 Å². The van der Waals surface area contributed by atoms with Crippen LogP contribution in [0, 0.1) is 5.92 Å². The van der Waals surface area contributed by atoms with Gasteiger partial charge in [-0.1, -0.05) is 48.7 Å². The van der Waals surface area contributed by atoms with E-state index < -0.39 is 28.5 Å².